The summed E-state index contributed by atoms with van der Waals surface area (Å²) in [6, 6.07) is 12.0. The lowest BCUT2D eigenvalue weighted by Gasteiger charge is -2.45. The second kappa shape index (κ2) is 8.23. The topological polar surface area (TPSA) is 71.0 Å². The maximum absolute atomic E-state index is 13.5. The van der Waals surface area contributed by atoms with Crippen LogP contribution in [0.4, 0.5) is 20.6 Å². The highest BCUT2D eigenvalue weighted by Gasteiger charge is 2.37. The second-order valence-electron chi connectivity index (χ2n) is 8.15. The summed E-state index contributed by atoms with van der Waals surface area (Å²) in [6.45, 7) is 2.69. The second-order valence-corrected chi connectivity index (χ2v) is 8.15. The molecule has 1 amide bonds. The zero-order valence-corrected chi connectivity index (χ0v) is 17.9. The van der Waals surface area contributed by atoms with E-state index in [1.807, 2.05) is 25.2 Å². The van der Waals surface area contributed by atoms with Crippen LogP contribution < -0.4 is 14.5 Å². The van der Waals surface area contributed by atoms with Gasteiger partial charge in [-0.1, -0.05) is 6.07 Å². The maximum Gasteiger partial charge on any atom is 0.414 e. The molecule has 166 valence electrons. The average Bonchev–Trinajstić information content (AvgIpc) is 3.12. The van der Waals surface area contributed by atoms with Gasteiger partial charge >= 0.3 is 6.09 Å². The Hall–Kier alpha value is -3.46. The summed E-state index contributed by atoms with van der Waals surface area (Å²) in [7, 11) is 3.64. The van der Waals surface area contributed by atoms with Gasteiger partial charge in [-0.05, 0) is 37.4 Å². The Bertz CT molecular complexity index is 1150. The molecule has 0 spiro atoms. The van der Waals surface area contributed by atoms with Crippen LogP contribution >= 0.6 is 0 Å². The highest BCUT2D eigenvalue weighted by molar-refractivity contribution is 5.90. The summed E-state index contributed by atoms with van der Waals surface area (Å²) in [6.07, 6.45) is 1.09. The molecule has 0 aliphatic carbocycles. The van der Waals surface area contributed by atoms with E-state index in [1.165, 1.54) is 17.0 Å². The number of likely N-dealkylation sites (N-methyl/N-ethyl adjacent to an activating group) is 1. The van der Waals surface area contributed by atoms with Crippen molar-refractivity contribution in [1.82, 2.24) is 14.9 Å². The van der Waals surface area contributed by atoms with Crippen molar-refractivity contribution in [1.29, 1.82) is 0 Å². The van der Waals surface area contributed by atoms with Gasteiger partial charge in [0.25, 0.3) is 0 Å². The first-order chi connectivity index (χ1) is 15.5. The number of rotatable bonds is 6. The molecule has 2 aliphatic rings. The van der Waals surface area contributed by atoms with Gasteiger partial charge in [0, 0.05) is 37.9 Å². The molecular formula is C23H24FN5O3. The Kier molecular flexibility index (Phi) is 5.26. The van der Waals surface area contributed by atoms with Gasteiger partial charge in [-0.25, -0.2) is 14.2 Å². The zero-order valence-electron chi connectivity index (χ0n) is 17.9. The van der Waals surface area contributed by atoms with Gasteiger partial charge in [0.05, 0.1) is 30.5 Å². The lowest BCUT2D eigenvalue weighted by atomic mass is 10.1. The van der Waals surface area contributed by atoms with Crippen molar-refractivity contribution >= 4 is 28.5 Å². The number of benzene rings is 1. The predicted octanol–water partition coefficient (Wildman–Crippen LogP) is 2.92. The van der Waals surface area contributed by atoms with Crippen molar-refractivity contribution in [3.8, 4) is 5.88 Å². The fourth-order valence-electron chi connectivity index (χ4n) is 4.24. The SMILES string of the molecule is COc1ccc2nccc(N3CC(N(C)CC4CN(c5cccc(F)c5)C(=O)O4)C3)c2n1. The minimum atomic E-state index is -0.437. The molecule has 5 rings (SSSR count). The van der Waals surface area contributed by atoms with Crippen molar-refractivity contribution < 1.29 is 18.7 Å². The molecule has 0 saturated carbocycles. The van der Waals surface area contributed by atoms with Crippen molar-refractivity contribution in [3.63, 3.8) is 0 Å². The molecule has 3 aromatic rings. The van der Waals surface area contributed by atoms with Crippen molar-refractivity contribution in [2.24, 2.45) is 0 Å². The third-order valence-corrected chi connectivity index (χ3v) is 6.06. The largest absolute Gasteiger partial charge is 0.481 e. The number of halogens is 1. The summed E-state index contributed by atoms with van der Waals surface area (Å²) in [4.78, 5) is 27.2. The monoisotopic (exact) mass is 437 g/mol. The fourth-order valence-corrected chi connectivity index (χ4v) is 4.24. The summed E-state index contributed by atoms with van der Waals surface area (Å²) < 4.78 is 24.3. The van der Waals surface area contributed by atoms with E-state index in [4.69, 9.17) is 9.47 Å². The number of anilines is 2. The van der Waals surface area contributed by atoms with Gasteiger partial charge in [0.2, 0.25) is 5.88 Å². The van der Waals surface area contributed by atoms with Crippen LogP contribution in [0.5, 0.6) is 5.88 Å². The van der Waals surface area contributed by atoms with Crippen LogP contribution in [0.2, 0.25) is 0 Å². The number of nitrogens with zero attached hydrogens (tertiary/aromatic N) is 5. The third kappa shape index (κ3) is 3.80. The number of aromatic nitrogens is 2. The van der Waals surface area contributed by atoms with Crippen molar-refractivity contribution in [2.45, 2.75) is 12.1 Å². The number of methoxy groups -OCH3 is 1. The Morgan fingerprint density at radius 3 is 2.84 bits per heavy atom. The van der Waals surface area contributed by atoms with Gasteiger partial charge in [-0.15, -0.1) is 0 Å². The third-order valence-electron chi connectivity index (χ3n) is 6.06. The van der Waals surface area contributed by atoms with Gasteiger partial charge in [-0.3, -0.25) is 14.8 Å². The summed E-state index contributed by atoms with van der Waals surface area (Å²) in [5.74, 6) is 0.188. The number of carbonyl (C=O) groups is 1. The molecule has 2 fully saturated rings. The van der Waals surface area contributed by atoms with E-state index in [-0.39, 0.29) is 11.9 Å². The predicted molar refractivity (Wildman–Crippen MR) is 119 cm³/mol. The number of fused-ring (bicyclic) bond motifs is 1. The lowest BCUT2D eigenvalue weighted by molar-refractivity contribution is 0.0957. The van der Waals surface area contributed by atoms with Crippen LogP contribution in [0.15, 0.2) is 48.7 Å². The summed E-state index contributed by atoms with van der Waals surface area (Å²) >= 11 is 0. The smallest absolute Gasteiger partial charge is 0.414 e. The van der Waals surface area contributed by atoms with Crippen molar-refractivity contribution in [2.75, 3.05) is 50.1 Å². The number of amides is 1. The fraction of sp³-hybridized carbons (Fsp3) is 0.348. The molecule has 1 unspecified atom stereocenters. The molecule has 4 heterocycles. The van der Waals surface area contributed by atoms with Crippen LogP contribution in [0, 0.1) is 5.82 Å². The van der Waals surface area contributed by atoms with Crippen LogP contribution in [0.3, 0.4) is 0 Å². The number of carbonyl (C=O) groups excluding carboxylic acids is 1. The molecule has 1 aromatic carbocycles. The van der Waals surface area contributed by atoms with E-state index in [0.29, 0.717) is 30.7 Å². The average molecular weight is 437 g/mol. The number of hydrogen-bond donors (Lipinski definition) is 0. The first kappa shape index (κ1) is 20.4. The summed E-state index contributed by atoms with van der Waals surface area (Å²) in [5.41, 5.74) is 3.20. The Morgan fingerprint density at radius 2 is 2.06 bits per heavy atom. The van der Waals surface area contributed by atoms with Gasteiger partial charge in [-0.2, -0.15) is 0 Å². The van der Waals surface area contributed by atoms with E-state index in [0.717, 1.165) is 29.8 Å². The van der Waals surface area contributed by atoms with E-state index in [2.05, 4.69) is 19.8 Å². The Labute approximate surface area is 185 Å². The molecule has 0 radical (unpaired) electrons. The first-order valence-electron chi connectivity index (χ1n) is 10.5. The normalized spacial score (nSPS) is 18.9. The van der Waals surface area contributed by atoms with E-state index in [1.54, 1.807) is 25.4 Å². The highest BCUT2D eigenvalue weighted by Crippen LogP contribution is 2.30. The van der Waals surface area contributed by atoms with Gasteiger partial charge in [0.1, 0.15) is 17.4 Å². The minimum Gasteiger partial charge on any atom is -0.481 e. The molecule has 1 atom stereocenters. The van der Waals surface area contributed by atoms with Crippen LogP contribution in [0.25, 0.3) is 11.0 Å². The molecule has 8 nitrogen and oxygen atoms in total. The van der Waals surface area contributed by atoms with Crippen molar-refractivity contribution in [3.05, 3.63) is 54.5 Å². The van der Waals surface area contributed by atoms with Gasteiger partial charge in [0.15, 0.2) is 0 Å². The van der Waals surface area contributed by atoms with Crippen LogP contribution in [0.1, 0.15) is 0 Å². The van der Waals surface area contributed by atoms with Crippen LogP contribution in [-0.4, -0.2) is 73.4 Å². The Balaban J connectivity index is 1.21. The molecule has 0 N–H and O–H groups in total. The number of ether oxygens (including phenoxy) is 2. The highest BCUT2D eigenvalue weighted by atomic mass is 19.1. The number of hydrogen-bond acceptors (Lipinski definition) is 7. The zero-order chi connectivity index (χ0) is 22.2. The molecule has 0 bridgehead atoms. The standard InChI is InChI=1S/C23H24FN5O3/c1-27(13-18-14-29(23(30)32-18)16-5-3-4-15(24)10-16)17-11-28(12-17)20-8-9-25-19-6-7-21(31-2)26-22(19)20/h3-10,17-18H,11-14H2,1-2H3. The lowest BCUT2D eigenvalue weighted by Crippen LogP contribution is -2.59. The minimum absolute atomic E-state index is 0.266. The van der Waals surface area contributed by atoms with Crippen LogP contribution in [-0.2, 0) is 4.74 Å². The summed E-state index contributed by atoms with van der Waals surface area (Å²) in [5, 5.41) is 0. The molecule has 9 heteroatoms. The van der Waals surface area contributed by atoms with E-state index in [9.17, 15) is 9.18 Å². The molecular weight excluding hydrogens is 413 g/mol. The molecule has 2 aromatic heterocycles. The Morgan fingerprint density at radius 1 is 1.22 bits per heavy atom. The molecule has 32 heavy (non-hydrogen) atoms. The maximum atomic E-state index is 13.5. The first-order valence-corrected chi connectivity index (χ1v) is 10.5. The molecule has 2 saturated heterocycles. The number of pyridine rings is 2. The van der Waals surface area contributed by atoms with E-state index < -0.39 is 6.09 Å². The van der Waals surface area contributed by atoms with Gasteiger partial charge < -0.3 is 14.4 Å². The molecule has 2 aliphatic heterocycles. The van der Waals surface area contributed by atoms with E-state index >= 15 is 0 Å². The quantitative estimate of drug-likeness (QED) is 0.587. The number of cyclic esters (lactones) is 1.